The van der Waals surface area contributed by atoms with Crippen LogP contribution in [0.4, 0.5) is 27.6 Å². The van der Waals surface area contributed by atoms with Gasteiger partial charge in [0.05, 0.1) is 0 Å². The van der Waals surface area contributed by atoms with Crippen LogP contribution in [0.15, 0.2) is 36.0 Å². The summed E-state index contributed by atoms with van der Waals surface area (Å²) >= 11 is 0. The number of anilines is 1. The maximum absolute atomic E-state index is 12.8. The van der Waals surface area contributed by atoms with Gasteiger partial charge in [-0.25, -0.2) is 0 Å². The molecule has 0 radical (unpaired) electrons. The number of hydrazine groups is 1. The van der Waals surface area contributed by atoms with Crippen molar-refractivity contribution in [3.05, 3.63) is 41.6 Å². The number of benzene rings is 1. The molecule has 0 spiro atoms. The van der Waals surface area contributed by atoms with Gasteiger partial charge in [0.15, 0.2) is 0 Å². The van der Waals surface area contributed by atoms with Crippen molar-refractivity contribution in [3.8, 4) is 0 Å². The Morgan fingerprint density at radius 2 is 1.52 bits per heavy atom. The van der Waals surface area contributed by atoms with Crippen molar-refractivity contribution in [3.63, 3.8) is 0 Å². The summed E-state index contributed by atoms with van der Waals surface area (Å²) < 4.78 is 61.8. The summed E-state index contributed by atoms with van der Waals surface area (Å²) in [5.41, 5.74) is 4.87. The molecule has 10 heteroatoms. The standard InChI is InChI=1S/C15H16F5N3O2/c1-9(8-12(24)14(16,17)15(18,19)20)21-22-13(25)10-4-6-11(7-5-10)23(2)3/h4-8,21H,1-3H3,(H,22,25)/b9-8-. The zero-order valence-electron chi connectivity index (χ0n) is 13.5. The van der Waals surface area contributed by atoms with Gasteiger partial charge in [-0.15, -0.1) is 0 Å². The van der Waals surface area contributed by atoms with Crippen molar-refractivity contribution in [2.45, 2.75) is 19.0 Å². The maximum Gasteiger partial charge on any atom is 0.461 e. The Kier molecular flexibility index (Phi) is 6.11. The Labute approximate surface area is 140 Å². The fourth-order valence-corrected chi connectivity index (χ4v) is 1.60. The number of nitrogens with zero attached hydrogens (tertiary/aromatic N) is 1. The van der Waals surface area contributed by atoms with E-state index in [1.54, 1.807) is 31.1 Å². The summed E-state index contributed by atoms with van der Waals surface area (Å²) in [5.74, 6) is -8.59. The number of ketones is 1. The Hall–Kier alpha value is -2.65. The minimum Gasteiger partial charge on any atom is -0.378 e. The minimum absolute atomic E-state index is 0.0723. The normalized spacial score (nSPS) is 12.6. The lowest BCUT2D eigenvalue weighted by atomic mass is 10.2. The van der Waals surface area contributed by atoms with Crippen molar-refractivity contribution in [1.29, 1.82) is 0 Å². The van der Waals surface area contributed by atoms with E-state index in [-0.39, 0.29) is 17.3 Å². The van der Waals surface area contributed by atoms with Gasteiger partial charge in [0.25, 0.3) is 5.91 Å². The highest BCUT2D eigenvalue weighted by Gasteiger charge is 2.62. The molecule has 2 N–H and O–H groups in total. The van der Waals surface area contributed by atoms with Crippen molar-refractivity contribution in [1.82, 2.24) is 10.9 Å². The molecule has 1 rings (SSSR count). The summed E-state index contributed by atoms with van der Waals surface area (Å²) in [6.45, 7) is 1.06. The molecule has 0 atom stereocenters. The second-order valence-electron chi connectivity index (χ2n) is 5.28. The van der Waals surface area contributed by atoms with Gasteiger partial charge < -0.3 is 10.3 Å². The minimum atomic E-state index is -5.99. The molecule has 138 valence electrons. The molecule has 0 heterocycles. The van der Waals surface area contributed by atoms with E-state index in [2.05, 4.69) is 10.9 Å². The van der Waals surface area contributed by atoms with Gasteiger partial charge in [-0.3, -0.25) is 15.0 Å². The summed E-state index contributed by atoms with van der Waals surface area (Å²) in [6.07, 6.45) is -5.92. The molecular formula is C15H16F5N3O2. The molecular weight excluding hydrogens is 349 g/mol. The van der Waals surface area contributed by atoms with Gasteiger partial charge in [-0.1, -0.05) is 0 Å². The Morgan fingerprint density at radius 1 is 1.00 bits per heavy atom. The molecule has 0 saturated heterocycles. The number of carbonyl (C=O) groups is 2. The average molecular weight is 365 g/mol. The van der Waals surface area contributed by atoms with Crippen LogP contribution in [-0.4, -0.2) is 37.9 Å². The number of amides is 1. The molecule has 25 heavy (non-hydrogen) atoms. The molecule has 0 aliphatic heterocycles. The number of alkyl halides is 5. The van der Waals surface area contributed by atoms with E-state index in [9.17, 15) is 31.5 Å². The van der Waals surface area contributed by atoms with Crippen LogP contribution in [0.5, 0.6) is 0 Å². The molecule has 5 nitrogen and oxygen atoms in total. The highest BCUT2D eigenvalue weighted by Crippen LogP contribution is 2.36. The summed E-state index contributed by atoms with van der Waals surface area (Å²) in [5, 5.41) is 0. The Balaban J connectivity index is 2.70. The highest BCUT2D eigenvalue weighted by atomic mass is 19.4. The molecule has 0 saturated carbocycles. The number of hydrogen-bond donors (Lipinski definition) is 2. The van der Waals surface area contributed by atoms with E-state index in [1.165, 1.54) is 12.1 Å². The van der Waals surface area contributed by atoms with Crippen molar-refractivity contribution < 1.29 is 31.5 Å². The zero-order chi connectivity index (χ0) is 19.4. The fourth-order valence-electron chi connectivity index (χ4n) is 1.60. The molecule has 0 aliphatic rings. The average Bonchev–Trinajstić information content (AvgIpc) is 2.51. The monoisotopic (exact) mass is 365 g/mol. The maximum atomic E-state index is 12.8. The van der Waals surface area contributed by atoms with Crippen LogP contribution in [-0.2, 0) is 4.79 Å². The number of hydrogen-bond acceptors (Lipinski definition) is 4. The van der Waals surface area contributed by atoms with Gasteiger partial charge in [0, 0.05) is 37.1 Å². The summed E-state index contributed by atoms with van der Waals surface area (Å²) in [6, 6.07) is 6.30. The third-order valence-corrected chi connectivity index (χ3v) is 3.03. The number of allylic oxidation sites excluding steroid dienone is 2. The van der Waals surface area contributed by atoms with E-state index in [0.717, 1.165) is 12.6 Å². The topological polar surface area (TPSA) is 61.4 Å². The predicted molar refractivity (Wildman–Crippen MR) is 81.1 cm³/mol. The van der Waals surface area contributed by atoms with E-state index in [1.807, 2.05) is 0 Å². The van der Waals surface area contributed by atoms with Gasteiger partial charge in [0.1, 0.15) is 0 Å². The van der Waals surface area contributed by atoms with Crippen LogP contribution >= 0.6 is 0 Å². The quantitative estimate of drug-likeness (QED) is 0.462. The van der Waals surface area contributed by atoms with Crippen LogP contribution in [0.2, 0.25) is 0 Å². The predicted octanol–water partition coefficient (Wildman–Crippen LogP) is 2.66. The molecule has 0 aliphatic carbocycles. The molecule has 1 amide bonds. The van der Waals surface area contributed by atoms with Crippen LogP contribution in [0.3, 0.4) is 0 Å². The largest absolute Gasteiger partial charge is 0.461 e. The first kappa shape index (κ1) is 20.4. The summed E-state index contributed by atoms with van der Waals surface area (Å²) in [4.78, 5) is 24.7. The van der Waals surface area contributed by atoms with Crippen molar-refractivity contribution >= 4 is 17.4 Å². The third-order valence-electron chi connectivity index (χ3n) is 3.03. The molecule has 0 bridgehead atoms. The van der Waals surface area contributed by atoms with Crippen molar-refractivity contribution in [2.75, 3.05) is 19.0 Å². The SMILES string of the molecule is C/C(=C/C(=O)C(F)(F)C(F)(F)F)NNC(=O)c1ccc(N(C)C)cc1. The van der Waals surface area contributed by atoms with Gasteiger partial charge in [-0.2, -0.15) is 22.0 Å². The first-order valence-electron chi connectivity index (χ1n) is 6.87. The Morgan fingerprint density at radius 3 is 1.96 bits per heavy atom. The van der Waals surface area contributed by atoms with Crippen LogP contribution in [0.25, 0.3) is 0 Å². The zero-order valence-corrected chi connectivity index (χ0v) is 13.5. The molecule has 0 unspecified atom stereocenters. The van der Waals surface area contributed by atoms with Gasteiger partial charge in [0.2, 0.25) is 5.78 Å². The number of rotatable bonds is 6. The van der Waals surface area contributed by atoms with Crippen LogP contribution in [0, 0.1) is 0 Å². The van der Waals surface area contributed by atoms with E-state index in [4.69, 9.17) is 0 Å². The van der Waals surface area contributed by atoms with Gasteiger partial charge >= 0.3 is 12.1 Å². The first-order valence-corrected chi connectivity index (χ1v) is 6.87. The first-order chi connectivity index (χ1) is 11.4. The lowest BCUT2D eigenvalue weighted by Gasteiger charge is -2.17. The smallest absolute Gasteiger partial charge is 0.378 e. The molecule has 0 fully saturated rings. The van der Waals surface area contributed by atoms with Crippen LogP contribution < -0.4 is 15.8 Å². The second kappa shape index (κ2) is 7.49. The summed E-state index contributed by atoms with van der Waals surface area (Å²) in [7, 11) is 3.61. The molecule has 1 aromatic carbocycles. The lowest BCUT2D eigenvalue weighted by Crippen LogP contribution is -2.44. The fraction of sp³-hybridized carbons (Fsp3) is 0.333. The number of halogens is 5. The second-order valence-corrected chi connectivity index (χ2v) is 5.28. The Bertz CT molecular complexity index is 667. The molecule has 1 aromatic rings. The van der Waals surface area contributed by atoms with E-state index < -0.39 is 23.8 Å². The van der Waals surface area contributed by atoms with Crippen LogP contribution in [0.1, 0.15) is 17.3 Å². The van der Waals surface area contributed by atoms with Crippen molar-refractivity contribution in [2.24, 2.45) is 0 Å². The number of nitrogens with one attached hydrogen (secondary N) is 2. The highest BCUT2D eigenvalue weighted by molar-refractivity contribution is 5.97. The van der Waals surface area contributed by atoms with Gasteiger partial charge in [-0.05, 0) is 31.2 Å². The third kappa shape index (κ3) is 5.16. The lowest BCUT2D eigenvalue weighted by molar-refractivity contribution is -0.266. The van der Waals surface area contributed by atoms with E-state index >= 15 is 0 Å². The number of carbonyl (C=O) groups excluding carboxylic acids is 2. The van der Waals surface area contributed by atoms with E-state index in [0.29, 0.717) is 0 Å². The molecule has 0 aromatic heterocycles.